The van der Waals surface area contributed by atoms with Crippen LogP contribution in [0.2, 0.25) is 0 Å². The Hall–Kier alpha value is -1.80. The largest absolute Gasteiger partial charge is 0.547 e. The van der Waals surface area contributed by atoms with Gasteiger partial charge in [0, 0.05) is 0 Å². The van der Waals surface area contributed by atoms with Crippen LogP contribution in [0.15, 0.2) is 18.2 Å². The smallest absolute Gasteiger partial charge is 0.446 e. The fourth-order valence-corrected chi connectivity index (χ4v) is 7.57. The van der Waals surface area contributed by atoms with Gasteiger partial charge in [-0.05, 0) is 85.0 Å². The van der Waals surface area contributed by atoms with Crippen LogP contribution in [-0.4, -0.2) is 71.1 Å². The van der Waals surface area contributed by atoms with Gasteiger partial charge in [0.2, 0.25) is 0 Å². The highest BCUT2D eigenvalue weighted by molar-refractivity contribution is 7.81. The van der Waals surface area contributed by atoms with Crippen LogP contribution in [-0.2, 0) is 31.1 Å². The molecule has 0 bridgehead atoms. The molecule has 1 aliphatic heterocycles. The summed E-state index contributed by atoms with van der Waals surface area (Å²) in [4.78, 5) is 11.3. The van der Waals surface area contributed by atoms with Crippen molar-refractivity contribution in [1.29, 1.82) is 0 Å². The SMILES string of the molecule is CC12CCC3c4ccc(OS(=O)(=O)O)cc4CCC3C1CCC2OC1OC(C(=O)[O-])C(O)C(O)C1O. The maximum atomic E-state index is 11.3. The normalized spacial score (nSPS) is 42.2. The van der Waals surface area contributed by atoms with E-state index in [1.165, 1.54) is 0 Å². The van der Waals surface area contributed by atoms with E-state index in [0.717, 1.165) is 43.2 Å². The number of fused-ring (bicyclic) bond motifs is 5. The van der Waals surface area contributed by atoms with Gasteiger partial charge in [-0.1, -0.05) is 13.0 Å². The molecule has 1 heterocycles. The summed E-state index contributed by atoms with van der Waals surface area (Å²) in [6.45, 7) is 2.14. The molecule has 0 spiro atoms. The molecule has 12 heteroatoms. The van der Waals surface area contributed by atoms with Crippen molar-refractivity contribution >= 4 is 16.4 Å². The number of aliphatic hydroxyl groups is 3. The Bertz CT molecular complexity index is 1120. The van der Waals surface area contributed by atoms with Gasteiger partial charge < -0.3 is 38.9 Å². The highest BCUT2D eigenvalue weighted by Gasteiger charge is 2.57. The molecule has 10 unspecified atom stereocenters. The molecule has 0 aromatic heterocycles. The third-order valence-electron chi connectivity index (χ3n) is 8.91. The van der Waals surface area contributed by atoms with Crippen LogP contribution < -0.4 is 9.29 Å². The zero-order chi connectivity index (χ0) is 26.0. The Morgan fingerprint density at radius 2 is 1.86 bits per heavy atom. The minimum absolute atomic E-state index is 0.0814. The van der Waals surface area contributed by atoms with Crippen molar-refractivity contribution in [2.24, 2.45) is 17.3 Å². The molecule has 1 aromatic rings. The van der Waals surface area contributed by atoms with E-state index < -0.39 is 47.1 Å². The molecule has 5 rings (SSSR count). The fourth-order valence-electron chi connectivity index (χ4n) is 7.22. The Balaban J connectivity index is 1.32. The van der Waals surface area contributed by atoms with E-state index in [1.807, 2.05) is 6.07 Å². The molecule has 10 atom stereocenters. The molecule has 0 radical (unpaired) electrons. The van der Waals surface area contributed by atoms with Crippen LogP contribution in [0.25, 0.3) is 0 Å². The van der Waals surface area contributed by atoms with Gasteiger partial charge in [0.15, 0.2) is 6.29 Å². The summed E-state index contributed by atoms with van der Waals surface area (Å²) in [6.07, 6.45) is -3.86. The summed E-state index contributed by atoms with van der Waals surface area (Å²) in [7, 11) is -4.59. The Kier molecular flexibility index (Phi) is 6.60. The number of carboxylic acid groups (broad SMARTS) is 1. The van der Waals surface area contributed by atoms with Crippen LogP contribution in [0.3, 0.4) is 0 Å². The molecule has 200 valence electrons. The second-order valence-corrected chi connectivity index (χ2v) is 11.8. The van der Waals surface area contributed by atoms with Crippen molar-refractivity contribution in [3.8, 4) is 5.75 Å². The first kappa shape index (κ1) is 25.8. The molecular formula is C24H31O11S-. The lowest BCUT2D eigenvalue weighted by atomic mass is 9.55. The highest BCUT2D eigenvalue weighted by atomic mass is 32.3. The van der Waals surface area contributed by atoms with Crippen LogP contribution in [0.5, 0.6) is 5.75 Å². The number of rotatable bonds is 5. The summed E-state index contributed by atoms with van der Waals surface area (Å²) < 4.78 is 47.2. The van der Waals surface area contributed by atoms with Gasteiger partial charge in [0.1, 0.15) is 30.2 Å². The second kappa shape index (κ2) is 9.19. The Morgan fingerprint density at radius 3 is 2.56 bits per heavy atom. The van der Waals surface area contributed by atoms with Gasteiger partial charge >= 0.3 is 10.4 Å². The fraction of sp³-hybridized carbons (Fsp3) is 0.708. The molecule has 4 N–H and O–H groups in total. The van der Waals surface area contributed by atoms with Crippen LogP contribution >= 0.6 is 0 Å². The predicted octanol–water partition coefficient (Wildman–Crippen LogP) is -0.333. The first-order chi connectivity index (χ1) is 16.9. The third kappa shape index (κ3) is 4.42. The summed E-state index contributed by atoms with van der Waals surface area (Å²) in [5, 5.41) is 41.8. The molecule has 11 nitrogen and oxygen atoms in total. The highest BCUT2D eigenvalue weighted by Crippen LogP contribution is 2.62. The van der Waals surface area contributed by atoms with Crippen LogP contribution in [0, 0.1) is 17.3 Å². The van der Waals surface area contributed by atoms with Crippen LogP contribution in [0.4, 0.5) is 0 Å². The average Bonchev–Trinajstić information content (AvgIpc) is 3.13. The number of aryl methyl sites for hydroxylation is 1. The summed E-state index contributed by atoms with van der Waals surface area (Å²) in [5.41, 5.74) is 1.90. The quantitative estimate of drug-likeness (QED) is 0.368. The number of benzene rings is 1. The molecule has 1 saturated heterocycles. The maximum Gasteiger partial charge on any atom is 0.446 e. The molecule has 4 aliphatic rings. The van der Waals surface area contributed by atoms with Gasteiger partial charge in [-0.3, -0.25) is 4.55 Å². The van der Waals surface area contributed by atoms with E-state index in [-0.39, 0.29) is 23.2 Å². The molecule has 1 aromatic carbocycles. The number of aliphatic hydroxyl groups excluding tert-OH is 3. The van der Waals surface area contributed by atoms with Gasteiger partial charge in [0.25, 0.3) is 0 Å². The summed E-state index contributed by atoms with van der Waals surface area (Å²) in [6, 6.07) is 5.10. The first-order valence-electron chi connectivity index (χ1n) is 12.2. The average molecular weight is 528 g/mol. The number of hydrogen-bond acceptors (Lipinski definition) is 10. The van der Waals surface area contributed by atoms with Crippen LogP contribution in [0.1, 0.15) is 56.1 Å². The first-order valence-corrected chi connectivity index (χ1v) is 13.6. The van der Waals surface area contributed by atoms with Gasteiger partial charge in [-0.15, -0.1) is 0 Å². The number of hydrogen-bond donors (Lipinski definition) is 4. The summed E-state index contributed by atoms with van der Waals surface area (Å²) in [5.74, 6) is -0.668. The van der Waals surface area contributed by atoms with Gasteiger partial charge in [-0.2, -0.15) is 8.42 Å². The maximum absolute atomic E-state index is 11.3. The van der Waals surface area contributed by atoms with E-state index in [1.54, 1.807) is 12.1 Å². The molecule has 3 fully saturated rings. The van der Waals surface area contributed by atoms with Crippen molar-refractivity contribution in [3.05, 3.63) is 29.3 Å². The lowest BCUT2D eigenvalue weighted by Crippen LogP contribution is -2.63. The molecule has 3 aliphatic carbocycles. The zero-order valence-corrected chi connectivity index (χ0v) is 20.5. The van der Waals surface area contributed by atoms with Crippen molar-refractivity contribution < 1.29 is 51.8 Å². The minimum atomic E-state index is -4.59. The molecular weight excluding hydrogens is 496 g/mol. The number of aliphatic carboxylic acids is 1. The van der Waals surface area contributed by atoms with Crippen molar-refractivity contribution in [2.75, 3.05) is 0 Å². The lowest BCUT2D eigenvalue weighted by Gasteiger charge is -2.51. The van der Waals surface area contributed by atoms with E-state index in [9.17, 15) is 33.6 Å². The standard InChI is InChI=1S/C24H32O11S/c1-24-9-8-14-13-5-3-12(35-36(30,31)32)10-11(13)2-4-15(14)16(24)6-7-17(24)33-23-20(27)18(25)19(26)21(34-23)22(28)29/h3,5,10,14-21,23,25-27H,2,4,6-9H2,1H3,(H,28,29)(H,30,31,32)/p-1. The number of ether oxygens (including phenoxy) is 2. The van der Waals surface area contributed by atoms with E-state index in [4.69, 9.17) is 14.0 Å². The summed E-state index contributed by atoms with van der Waals surface area (Å²) >= 11 is 0. The topological polar surface area (TPSA) is 183 Å². The van der Waals surface area contributed by atoms with E-state index in [0.29, 0.717) is 18.3 Å². The van der Waals surface area contributed by atoms with E-state index >= 15 is 0 Å². The number of carboxylic acids is 1. The second-order valence-electron chi connectivity index (χ2n) is 10.7. The number of carbonyl (C=O) groups excluding carboxylic acids is 1. The lowest BCUT2D eigenvalue weighted by molar-refractivity contribution is -0.355. The molecule has 2 saturated carbocycles. The molecule has 0 amide bonds. The predicted molar refractivity (Wildman–Crippen MR) is 120 cm³/mol. The Morgan fingerprint density at radius 1 is 1.11 bits per heavy atom. The van der Waals surface area contributed by atoms with Crippen molar-refractivity contribution in [1.82, 2.24) is 0 Å². The monoisotopic (exact) mass is 527 g/mol. The Labute approximate surface area is 208 Å². The van der Waals surface area contributed by atoms with Gasteiger partial charge in [-0.25, -0.2) is 0 Å². The minimum Gasteiger partial charge on any atom is -0.547 e. The molecule has 36 heavy (non-hydrogen) atoms. The number of carbonyl (C=O) groups is 1. The van der Waals surface area contributed by atoms with Crippen molar-refractivity contribution in [3.63, 3.8) is 0 Å². The van der Waals surface area contributed by atoms with Gasteiger partial charge in [0.05, 0.1) is 12.1 Å². The van der Waals surface area contributed by atoms with Crippen molar-refractivity contribution in [2.45, 2.75) is 88.2 Å². The third-order valence-corrected chi connectivity index (χ3v) is 9.32. The van der Waals surface area contributed by atoms with E-state index in [2.05, 4.69) is 11.1 Å². The zero-order valence-electron chi connectivity index (χ0n) is 19.7.